The van der Waals surface area contributed by atoms with Gasteiger partial charge < -0.3 is 52.7 Å². The molecule has 0 aromatic carbocycles. The van der Waals surface area contributed by atoms with Gasteiger partial charge in [-0.25, -0.2) is 4.79 Å². The summed E-state index contributed by atoms with van der Waals surface area (Å²) < 4.78 is 0. The molecule has 0 aliphatic carbocycles. The number of aliphatic hydroxyl groups excluding tert-OH is 2. The number of carbonyl (C=O) groups excluding carboxylic acids is 4. The van der Waals surface area contributed by atoms with Crippen LogP contribution >= 0.6 is 12.2 Å². The van der Waals surface area contributed by atoms with Gasteiger partial charge in [0.05, 0.1) is 24.1 Å². The summed E-state index contributed by atoms with van der Waals surface area (Å²) in [6.45, 7) is 5.92. The number of hydrogen-bond acceptors (Lipinski definition) is 10. The summed E-state index contributed by atoms with van der Waals surface area (Å²) >= 11 is 4.95. The van der Waals surface area contributed by atoms with E-state index in [1.165, 1.54) is 6.92 Å². The maximum atomic E-state index is 13.3. The number of hydrogen-bond donors (Lipinski definition) is 10. The molecule has 7 atom stereocenters. The lowest BCUT2D eigenvalue weighted by atomic mass is 9.98. The van der Waals surface area contributed by atoms with E-state index in [1.54, 1.807) is 20.8 Å². The number of carboxylic acids is 2. The highest BCUT2D eigenvalue weighted by Gasteiger charge is 2.35. The highest BCUT2D eigenvalue weighted by molar-refractivity contribution is 7.80. The Morgan fingerprint density at radius 2 is 1.38 bits per heavy atom. The molecular weight excluding hydrogens is 576 g/mol. The molecule has 11 N–H and O–H groups in total. The van der Waals surface area contributed by atoms with Crippen LogP contribution in [0, 0.1) is 5.92 Å². The molecule has 0 aliphatic rings. The Labute approximate surface area is 249 Å². The molecule has 0 unspecified atom stereocenters. The smallest absolute Gasteiger partial charge is 0.326 e. The zero-order chi connectivity index (χ0) is 32.6. The van der Waals surface area contributed by atoms with Gasteiger partial charge in [-0.05, 0) is 39.0 Å². The van der Waals surface area contributed by atoms with Crippen molar-refractivity contribution in [3.8, 4) is 0 Å². The number of aliphatic hydroxyl groups is 2. The van der Waals surface area contributed by atoms with Gasteiger partial charge in [-0.2, -0.15) is 0 Å². The van der Waals surface area contributed by atoms with Gasteiger partial charge in [-0.1, -0.05) is 32.5 Å². The average Bonchev–Trinajstić information content (AvgIpc) is 2.91. The fraction of sp³-hybridized carbons (Fsp3) is 0.720. The van der Waals surface area contributed by atoms with Crippen molar-refractivity contribution in [3.63, 3.8) is 0 Å². The van der Waals surface area contributed by atoms with E-state index < -0.39 is 90.8 Å². The molecule has 0 saturated carbocycles. The van der Waals surface area contributed by atoms with Crippen molar-refractivity contribution in [1.82, 2.24) is 26.6 Å². The van der Waals surface area contributed by atoms with Gasteiger partial charge in [0.15, 0.2) is 0 Å². The standard InChI is InChI=1S/C25H44N6O10S/c1-5-12(2)19(25(40)41)30-24(39)20(13(3)33)31-22(37)16(8-6-7-9-27-14(4)42)28-23(38)17(10-18(34)35)29-21(36)15(26)11-32/h12-13,15-17,19-20,32-33H,5-11,26H2,1-4H3,(H,27,42)(H,28,38)(H,29,36)(H,30,39)(H,31,37)(H,34,35)(H,40,41)/t12-,13+,15-,16-,17-,19-,20-/m0/s1. The number of amides is 4. The number of thiocarbonyl (C=S) groups is 1. The SMILES string of the molecule is CC[C@H](C)[C@H](NC(=O)[C@@H](NC(=O)[C@H](CCCCNC(C)=S)NC(=O)[C@H](CC(=O)O)NC(=O)[C@@H](N)CO)[C@@H](C)O)C(=O)O. The normalized spacial score (nSPS) is 15.9. The molecule has 0 fully saturated rings. The molecule has 17 heteroatoms. The van der Waals surface area contributed by atoms with Gasteiger partial charge in [0.25, 0.3) is 0 Å². The minimum Gasteiger partial charge on any atom is -0.481 e. The van der Waals surface area contributed by atoms with Crippen molar-refractivity contribution in [1.29, 1.82) is 0 Å². The zero-order valence-electron chi connectivity index (χ0n) is 24.2. The maximum Gasteiger partial charge on any atom is 0.326 e. The molecule has 0 rings (SSSR count). The van der Waals surface area contributed by atoms with Crippen LogP contribution in [0.1, 0.15) is 59.8 Å². The summed E-state index contributed by atoms with van der Waals surface area (Å²) in [4.78, 5) is 74.8. The van der Waals surface area contributed by atoms with Crippen molar-refractivity contribution in [2.45, 2.75) is 96.1 Å². The number of aliphatic carboxylic acids is 2. The van der Waals surface area contributed by atoms with E-state index in [-0.39, 0.29) is 6.42 Å². The summed E-state index contributed by atoms with van der Waals surface area (Å²) in [5, 5.41) is 50.1. The van der Waals surface area contributed by atoms with E-state index in [0.717, 1.165) is 0 Å². The van der Waals surface area contributed by atoms with E-state index in [9.17, 15) is 44.1 Å². The van der Waals surface area contributed by atoms with E-state index >= 15 is 0 Å². The zero-order valence-corrected chi connectivity index (χ0v) is 25.0. The number of unbranched alkanes of at least 4 members (excludes halogenated alkanes) is 1. The van der Waals surface area contributed by atoms with E-state index in [1.807, 2.05) is 0 Å². The topological polar surface area (TPSA) is 270 Å². The summed E-state index contributed by atoms with van der Waals surface area (Å²) in [6, 6.07) is -7.34. The lowest BCUT2D eigenvalue weighted by Gasteiger charge is -2.28. The van der Waals surface area contributed by atoms with Gasteiger partial charge in [-0.3, -0.25) is 24.0 Å². The first-order valence-corrected chi connectivity index (χ1v) is 13.9. The second-order valence-corrected chi connectivity index (χ2v) is 10.5. The van der Waals surface area contributed by atoms with Gasteiger partial charge >= 0.3 is 11.9 Å². The van der Waals surface area contributed by atoms with Crippen molar-refractivity contribution in [2.24, 2.45) is 11.7 Å². The Bertz CT molecular complexity index is 966. The third-order valence-corrected chi connectivity index (χ3v) is 6.46. The first-order chi connectivity index (χ1) is 19.5. The van der Waals surface area contributed by atoms with Crippen LogP contribution in [0.5, 0.6) is 0 Å². The quantitative estimate of drug-likeness (QED) is 0.0492. The molecule has 240 valence electrons. The number of nitrogens with one attached hydrogen (secondary N) is 5. The largest absolute Gasteiger partial charge is 0.481 e. The van der Waals surface area contributed by atoms with Gasteiger partial charge in [0.1, 0.15) is 30.2 Å². The number of carbonyl (C=O) groups is 6. The maximum absolute atomic E-state index is 13.3. The fourth-order valence-electron chi connectivity index (χ4n) is 3.61. The molecule has 0 saturated heterocycles. The van der Waals surface area contributed by atoms with Crippen LogP contribution in [0.3, 0.4) is 0 Å². The Morgan fingerprint density at radius 1 is 0.833 bits per heavy atom. The molecular formula is C25H44N6O10S. The van der Waals surface area contributed by atoms with Gasteiger partial charge in [0.2, 0.25) is 23.6 Å². The van der Waals surface area contributed by atoms with E-state index in [4.69, 9.17) is 23.1 Å². The Morgan fingerprint density at radius 3 is 1.86 bits per heavy atom. The molecule has 0 aliphatic heterocycles. The first kappa shape index (κ1) is 38.6. The van der Waals surface area contributed by atoms with E-state index in [0.29, 0.717) is 30.8 Å². The van der Waals surface area contributed by atoms with Crippen molar-refractivity contribution in [3.05, 3.63) is 0 Å². The predicted molar refractivity (Wildman–Crippen MR) is 154 cm³/mol. The van der Waals surface area contributed by atoms with Gasteiger partial charge in [-0.15, -0.1) is 0 Å². The van der Waals surface area contributed by atoms with E-state index in [2.05, 4.69) is 26.6 Å². The second kappa shape index (κ2) is 19.7. The highest BCUT2D eigenvalue weighted by Crippen LogP contribution is 2.10. The van der Waals surface area contributed by atoms with Crippen molar-refractivity contribution >= 4 is 52.8 Å². The Balaban J connectivity index is 5.93. The van der Waals surface area contributed by atoms with Gasteiger partial charge in [0, 0.05) is 6.54 Å². The van der Waals surface area contributed by atoms with Crippen molar-refractivity contribution in [2.75, 3.05) is 13.2 Å². The summed E-state index contributed by atoms with van der Waals surface area (Å²) in [6.07, 6.45) is -1.06. The lowest BCUT2D eigenvalue weighted by Crippen LogP contribution is -2.61. The van der Waals surface area contributed by atoms with Crippen LogP contribution in [0.25, 0.3) is 0 Å². The molecule has 0 aromatic heterocycles. The van der Waals surface area contributed by atoms with Crippen LogP contribution in [0.4, 0.5) is 0 Å². The summed E-state index contributed by atoms with van der Waals surface area (Å²) in [7, 11) is 0. The number of carboxylic acid groups (broad SMARTS) is 2. The Hall–Kier alpha value is -3.41. The molecule has 0 radical (unpaired) electrons. The minimum absolute atomic E-state index is 0.00160. The minimum atomic E-state index is -1.66. The van der Waals surface area contributed by atoms with Crippen LogP contribution in [-0.2, 0) is 28.8 Å². The third kappa shape index (κ3) is 14.5. The summed E-state index contributed by atoms with van der Waals surface area (Å²) in [5.41, 5.74) is 5.43. The molecule has 42 heavy (non-hydrogen) atoms. The van der Waals surface area contributed by atoms with Crippen molar-refractivity contribution < 1.29 is 49.2 Å². The molecule has 4 amide bonds. The molecule has 16 nitrogen and oxygen atoms in total. The van der Waals surface area contributed by atoms with Crippen LogP contribution in [0.2, 0.25) is 0 Å². The number of nitrogens with two attached hydrogens (primary N) is 1. The van der Waals surface area contributed by atoms with Crippen LogP contribution < -0.4 is 32.3 Å². The molecule has 0 spiro atoms. The number of rotatable bonds is 20. The second-order valence-electron chi connectivity index (χ2n) is 9.92. The first-order valence-electron chi connectivity index (χ1n) is 13.5. The fourth-order valence-corrected chi connectivity index (χ4v) is 3.71. The Kier molecular flexibility index (Phi) is 18.1. The van der Waals surface area contributed by atoms with Crippen LogP contribution in [-0.4, -0.2) is 110 Å². The highest BCUT2D eigenvalue weighted by atomic mass is 32.1. The monoisotopic (exact) mass is 620 g/mol. The molecule has 0 aromatic rings. The van der Waals surface area contributed by atoms with Crippen LogP contribution in [0.15, 0.2) is 0 Å². The lowest BCUT2D eigenvalue weighted by molar-refractivity contribution is -0.144. The molecule has 0 bridgehead atoms. The summed E-state index contributed by atoms with van der Waals surface area (Å²) in [5.74, 6) is -7.15. The average molecular weight is 621 g/mol. The molecule has 0 heterocycles. The third-order valence-electron chi connectivity index (χ3n) is 6.31. The predicted octanol–water partition coefficient (Wildman–Crippen LogP) is -2.66.